The Kier molecular flexibility index (Phi) is 4.97. The fraction of sp³-hybridized carbons (Fsp3) is 0.324. The minimum atomic E-state index is 0.0207. The minimum absolute atomic E-state index is 0.0207. The van der Waals surface area contributed by atoms with Crippen LogP contribution in [0.4, 0.5) is 0 Å². The fourth-order valence-electron chi connectivity index (χ4n) is 6.80. The van der Waals surface area contributed by atoms with Gasteiger partial charge >= 0.3 is 0 Å². The van der Waals surface area contributed by atoms with Gasteiger partial charge in [-0.05, 0) is 104 Å². The number of hydrogen-bond donors (Lipinski definition) is 0. The van der Waals surface area contributed by atoms with Crippen LogP contribution in [0.2, 0.25) is 0 Å². The molecule has 196 valence electrons. The van der Waals surface area contributed by atoms with E-state index in [2.05, 4.69) is 115 Å². The maximum Gasteiger partial charge on any atom is 0.136 e. The van der Waals surface area contributed by atoms with Crippen LogP contribution in [0.1, 0.15) is 78.0 Å². The molecule has 2 aromatic heterocycles. The highest BCUT2D eigenvalue weighted by molar-refractivity contribution is 6.12. The quantitative estimate of drug-likeness (QED) is 0.219. The van der Waals surface area contributed by atoms with Gasteiger partial charge < -0.3 is 4.42 Å². The molecule has 7 rings (SSSR count). The van der Waals surface area contributed by atoms with E-state index < -0.39 is 0 Å². The highest BCUT2D eigenvalue weighted by Crippen LogP contribution is 2.48. The monoisotopic (exact) mass is 511 g/mol. The van der Waals surface area contributed by atoms with E-state index in [0.29, 0.717) is 0 Å². The van der Waals surface area contributed by atoms with Crippen molar-refractivity contribution in [3.8, 4) is 11.3 Å². The number of pyridine rings is 1. The second-order valence-electron chi connectivity index (χ2n) is 14.0. The molecule has 0 bridgehead atoms. The third-order valence-corrected chi connectivity index (χ3v) is 9.27. The van der Waals surface area contributed by atoms with Crippen molar-refractivity contribution in [1.29, 1.82) is 0 Å². The minimum Gasteiger partial charge on any atom is -0.456 e. The summed E-state index contributed by atoms with van der Waals surface area (Å²) in [4.78, 5) is 4.93. The summed E-state index contributed by atoms with van der Waals surface area (Å²) in [6, 6.07) is 24.7. The van der Waals surface area contributed by atoms with Crippen molar-refractivity contribution in [2.75, 3.05) is 0 Å². The summed E-state index contributed by atoms with van der Waals surface area (Å²) >= 11 is 0. The zero-order valence-corrected chi connectivity index (χ0v) is 24.2. The smallest absolute Gasteiger partial charge is 0.136 e. The number of fused-ring (bicyclic) bond motifs is 6. The van der Waals surface area contributed by atoms with Crippen molar-refractivity contribution in [3.63, 3.8) is 0 Å². The van der Waals surface area contributed by atoms with E-state index in [-0.39, 0.29) is 16.2 Å². The molecule has 0 saturated heterocycles. The molecule has 6 aromatic rings. The summed E-state index contributed by atoms with van der Waals surface area (Å²) in [5, 5.41) is 7.28. The van der Waals surface area contributed by atoms with Crippen LogP contribution in [0.15, 0.2) is 77.3 Å². The van der Waals surface area contributed by atoms with Gasteiger partial charge in [-0.2, -0.15) is 0 Å². The molecule has 1 aliphatic rings. The van der Waals surface area contributed by atoms with Crippen LogP contribution in [-0.2, 0) is 16.2 Å². The van der Waals surface area contributed by atoms with Gasteiger partial charge in [0.2, 0.25) is 0 Å². The third kappa shape index (κ3) is 3.72. The van der Waals surface area contributed by atoms with Crippen molar-refractivity contribution in [3.05, 3.63) is 89.6 Å². The van der Waals surface area contributed by atoms with Crippen molar-refractivity contribution >= 4 is 43.5 Å². The van der Waals surface area contributed by atoms with E-state index in [1.54, 1.807) is 0 Å². The lowest BCUT2D eigenvalue weighted by atomic mass is 9.63. The van der Waals surface area contributed by atoms with Crippen LogP contribution < -0.4 is 0 Å². The second-order valence-corrected chi connectivity index (χ2v) is 14.0. The first-order chi connectivity index (χ1) is 18.4. The number of hydrogen-bond acceptors (Lipinski definition) is 2. The molecule has 0 atom stereocenters. The lowest BCUT2D eigenvalue weighted by molar-refractivity contribution is 0.332. The topological polar surface area (TPSA) is 26.0 Å². The van der Waals surface area contributed by atoms with Gasteiger partial charge in [0.05, 0.1) is 5.69 Å². The van der Waals surface area contributed by atoms with E-state index >= 15 is 0 Å². The SMILES string of the molecule is CC(C)(C)c1cc(-c2nccc3cc4c(cc23)oc2cc3c(cc24)C(C)(C)CCC3(C)C)cc2ccccc12. The molecule has 0 saturated carbocycles. The van der Waals surface area contributed by atoms with Crippen molar-refractivity contribution < 1.29 is 4.42 Å². The highest BCUT2D eigenvalue weighted by atomic mass is 16.3. The second kappa shape index (κ2) is 7.94. The number of benzene rings is 4. The molecule has 0 fully saturated rings. The Morgan fingerprint density at radius 2 is 1.31 bits per heavy atom. The van der Waals surface area contributed by atoms with Crippen LogP contribution in [0.25, 0.3) is 54.7 Å². The lowest BCUT2D eigenvalue weighted by Gasteiger charge is -2.41. The Morgan fingerprint density at radius 3 is 2.05 bits per heavy atom. The van der Waals surface area contributed by atoms with Crippen molar-refractivity contribution in [2.24, 2.45) is 0 Å². The van der Waals surface area contributed by atoms with E-state index in [1.807, 2.05) is 6.20 Å². The molecule has 4 aromatic carbocycles. The van der Waals surface area contributed by atoms with Gasteiger partial charge in [-0.15, -0.1) is 0 Å². The van der Waals surface area contributed by atoms with Crippen LogP contribution in [0.5, 0.6) is 0 Å². The Morgan fingerprint density at radius 1 is 0.667 bits per heavy atom. The summed E-state index contributed by atoms with van der Waals surface area (Å²) < 4.78 is 6.60. The van der Waals surface area contributed by atoms with E-state index in [9.17, 15) is 0 Å². The van der Waals surface area contributed by atoms with Gasteiger partial charge in [0.25, 0.3) is 0 Å². The summed E-state index contributed by atoms with van der Waals surface area (Å²) in [5.74, 6) is 0. The third-order valence-electron chi connectivity index (χ3n) is 9.27. The largest absolute Gasteiger partial charge is 0.456 e. The highest BCUT2D eigenvalue weighted by Gasteiger charge is 2.37. The molecule has 0 amide bonds. The van der Waals surface area contributed by atoms with Gasteiger partial charge in [-0.1, -0.05) is 72.7 Å². The molecule has 0 radical (unpaired) electrons. The Balaban J connectivity index is 1.49. The van der Waals surface area contributed by atoms with Crippen molar-refractivity contribution in [2.45, 2.75) is 77.6 Å². The standard InChI is InChI=1S/C37H37NO/c1-35(2,3)29-18-24(16-22-10-8-9-11-25(22)29)34-26-20-32-27(17-23(26)12-15-38-34)28-19-30-31(21-33(28)39-32)37(6,7)14-13-36(30,4)5/h8-12,15-21H,13-14H2,1-7H3. The molecular weight excluding hydrogens is 474 g/mol. The molecular formula is C37H37NO. The zero-order valence-electron chi connectivity index (χ0n) is 24.2. The maximum absolute atomic E-state index is 6.60. The molecule has 2 heteroatoms. The molecule has 1 aliphatic carbocycles. The predicted octanol–water partition coefficient (Wildman–Crippen LogP) is 10.6. The van der Waals surface area contributed by atoms with Gasteiger partial charge in [0.1, 0.15) is 11.2 Å². The first kappa shape index (κ1) is 24.4. The lowest BCUT2D eigenvalue weighted by Crippen LogP contribution is -2.33. The van der Waals surface area contributed by atoms with Crippen LogP contribution in [0.3, 0.4) is 0 Å². The number of furan rings is 1. The maximum atomic E-state index is 6.60. The molecule has 2 nitrogen and oxygen atoms in total. The Hall–Kier alpha value is -3.65. The molecule has 0 aliphatic heterocycles. The first-order valence-corrected chi connectivity index (χ1v) is 14.3. The number of nitrogens with zero attached hydrogens (tertiary/aromatic N) is 1. The Labute approximate surface area is 231 Å². The molecule has 0 N–H and O–H groups in total. The van der Waals surface area contributed by atoms with Crippen molar-refractivity contribution in [1.82, 2.24) is 4.98 Å². The molecule has 2 heterocycles. The number of rotatable bonds is 1. The van der Waals surface area contributed by atoms with E-state index in [0.717, 1.165) is 27.8 Å². The zero-order chi connectivity index (χ0) is 27.3. The summed E-state index contributed by atoms with van der Waals surface area (Å²) in [6.07, 6.45) is 4.35. The average Bonchev–Trinajstić information content (AvgIpc) is 3.24. The fourth-order valence-corrected chi connectivity index (χ4v) is 6.80. The first-order valence-electron chi connectivity index (χ1n) is 14.3. The summed E-state index contributed by atoms with van der Waals surface area (Å²) in [6.45, 7) is 16.4. The van der Waals surface area contributed by atoms with Crippen LogP contribution >= 0.6 is 0 Å². The van der Waals surface area contributed by atoms with Gasteiger partial charge in [0.15, 0.2) is 0 Å². The van der Waals surface area contributed by atoms with E-state index in [4.69, 9.17) is 9.40 Å². The van der Waals surface area contributed by atoms with Gasteiger partial charge in [-0.3, -0.25) is 4.98 Å². The van der Waals surface area contributed by atoms with Crippen LogP contribution in [-0.4, -0.2) is 4.98 Å². The molecule has 39 heavy (non-hydrogen) atoms. The summed E-state index contributed by atoms with van der Waals surface area (Å²) in [7, 11) is 0. The normalized spacial score (nSPS) is 16.8. The van der Waals surface area contributed by atoms with E-state index in [1.165, 1.54) is 56.5 Å². The average molecular weight is 512 g/mol. The molecule has 0 spiro atoms. The van der Waals surface area contributed by atoms with Gasteiger partial charge in [-0.25, -0.2) is 0 Å². The Bertz CT molecular complexity index is 1940. The predicted molar refractivity (Wildman–Crippen MR) is 166 cm³/mol. The van der Waals surface area contributed by atoms with Gasteiger partial charge in [0, 0.05) is 27.9 Å². The van der Waals surface area contributed by atoms with Crippen LogP contribution in [0, 0.1) is 0 Å². The number of aromatic nitrogens is 1. The summed E-state index contributed by atoms with van der Waals surface area (Å²) in [5.41, 5.74) is 8.66. The molecule has 0 unspecified atom stereocenters.